The van der Waals surface area contributed by atoms with E-state index in [9.17, 15) is 19.8 Å². The van der Waals surface area contributed by atoms with E-state index in [1.165, 1.54) is 4.90 Å². The molecular weight excluding hydrogens is 458 g/mol. The number of benzene rings is 1. The van der Waals surface area contributed by atoms with Gasteiger partial charge in [-0.1, -0.05) is 52.8 Å². The van der Waals surface area contributed by atoms with Crippen LogP contribution in [-0.2, 0) is 22.7 Å². The number of hydrogen-bond acceptors (Lipinski definition) is 6. The summed E-state index contributed by atoms with van der Waals surface area (Å²) in [6.07, 6.45) is 1.25. The highest BCUT2D eigenvalue weighted by atomic mass is 16.3. The van der Waals surface area contributed by atoms with Crippen LogP contribution in [0.1, 0.15) is 58.2 Å². The molecule has 1 saturated heterocycles. The maximum atomic E-state index is 13.2. The lowest BCUT2D eigenvalue weighted by Gasteiger charge is -2.29. The summed E-state index contributed by atoms with van der Waals surface area (Å²) in [5.41, 5.74) is 3.95. The molecule has 0 saturated carbocycles. The Bertz CT molecular complexity index is 1040. The lowest BCUT2D eigenvalue weighted by Crippen LogP contribution is -2.49. The highest BCUT2D eigenvalue weighted by molar-refractivity contribution is 5.89. The maximum Gasteiger partial charge on any atom is 0.243 e. The zero-order valence-electron chi connectivity index (χ0n) is 22.1. The number of hydrogen-bond donors (Lipinski definition) is 4. The Labute approximate surface area is 213 Å². The van der Waals surface area contributed by atoms with E-state index in [2.05, 4.69) is 15.7 Å². The molecule has 3 heterocycles. The molecule has 4 atom stereocenters. The van der Waals surface area contributed by atoms with Crippen LogP contribution < -0.4 is 10.6 Å². The van der Waals surface area contributed by atoms with Gasteiger partial charge in [0.05, 0.1) is 31.0 Å². The summed E-state index contributed by atoms with van der Waals surface area (Å²) in [5.74, 6) is -0.601. The molecule has 0 radical (unpaired) electrons. The summed E-state index contributed by atoms with van der Waals surface area (Å²) in [7, 11) is 0. The Balaban J connectivity index is 0.00000176. The van der Waals surface area contributed by atoms with Crippen LogP contribution in [-0.4, -0.2) is 68.6 Å². The number of nitrogens with one attached hydrogen (secondary N) is 2. The Hall–Kier alpha value is -2.75. The van der Waals surface area contributed by atoms with Crippen molar-refractivity contribution in [2.24, 2.45) is 11.8 Å². The third kappa shape index (κ3) is 5.96. The summed E-state index contributed by atoms with van der Waals surface area (Å²) in [5, 5.41) is 31.0. The van der Waals surface area contributed by atoms with Crippen molar-refractivity contribution in [3.8, 4) is 11.3 Å². The topological polar surface area (TPSA) is 120 Å². The highest BCUT2D eigenvalue weighted by Crippen LogP contribution is 2.29. The molecule has 4 unspecified atom stereocenters. The van der Waals surface area contributed by atoms with Crippen LogP contribution in [0.15, 0.2) is 30.5 Å². The molecule has 2 aliphatic rings. The molecule has 2 amide bonds. The number of nitrogens with zero attached hydrogens (tertiary/aromatic N) is 3. The van der Waals surface area contributed by atoms with Crippen LogP contribution in [0.25, 0.3) is 11.3 Å². The molecule has 36 heavy (non-hydrogen) atoms. The largest absolute Gasteiger partial charge is 0.394 e. The van der Waals surface area contributed by atoms with Gasteiger partial charge in [0.25, 0.3) is 0 Å². The van der Waals surface area contributed by atoms with Gasteiger partial charge >= 0.3 is 0 Å². The minimum Gasteiger partial charge on any atom is -0.394 e. The van der Waals surface area contributed by atoms with Crippen molar-refractivity contribution in [1.82, 2.24) is 25.3 Å². The van der Waals surface area contributed by atoms with Crippen LogP contribution in [0, 0.1) is 11.8 Å². The molecule has 0 spiro atoms. The number of amides is 2. The first-order chi connectivity index (χ1) is 17.3. The number of likely N-dealkylation sites (tertiary alicyclic amines) is 1. The van der Waals surface area contributed by atoms with E-state index >= 15 is 0 Å². The van der Waals surface area contributed by atoms with Crippen LogP contribution in [0.5, 0.6) is 0 Å². The van der Waals surface area contributed by atoms with E-state index in [0.29, 0.717) is 6.54 Å². The average Bonchev–Trinajstić information content (AvgIpc) is 3.50. The van der Waals surface area contributed by atoms with Gasteiger partial charge in [-0.15, -0.1) is 0 Å². The van der Waals surface area contributed by atoms with Crippen molar-refractivity contribution in [1.29, 1.82) is 0 Å². The summed E-state index contributed by atoms with van der Waals surface area (Å²) >= 11 is 0. The zero-order chi connectivity index (χ0) is 26.4. The van der Waals surface area contributed by atoms with E-state index in [-0.39, 0.29) is 43.2 Å². The lowest BCUT2D eigenvalue weighted by molar-refractivity contribution is -0.142. The number of aromatic nitrogens is 2. The van der Waals surface area contributed by atoms with Gasteiger partial charge in [-0.3, -0.25) is 14.3 Å². The fraction of sp³-hybridized carbons (Fsp3) is 0.593. The molecule has 2 aromatic rings. The first-order valence-electron chi connectivity index (χ1n) is 13.1. The number of aliphatic hydroxyl groups excluding tert-OH is 2. The molecular formula is C27H41N5O4. The fourth-order valence-electron chi connectivity index (χ4n) is 4.73. The molecule has 198 valence electrons. The van der Waals surface area contributed by atoms with Gasteiger partial charge in [0.15, 0.2) is 0 Å². The van der Waals surface area contributed by atoms with E-state index in [1.54, 1.807) is 6.20 Å². The standard InChI is InChI=1S/C25H35N5O4.C2H6/c1-15(2)16(3)25(34)29-13-19(32)11-23(29)24(33)28-21(14-31)17-4-5-20-18(10-17)12-26-8-9-30-22(20)6-7-27-30;1-2/h4-7,10,15-16,19,21,23,26,31-32H,8-9,11-14H2,1-3H3,(H,28,33);1-2H3. The Morgan fingerprint density at radius 1 is 1.22 bits per heavy atom. The van der Waals surface area contributed by atoms with Crippen LogP contribution >= 0.6 is 0 Å². The van der Waals surface area contributed by atoms with Gasteiger partial charge in [0.1, 0.15) is 6.04 Å². The molecule has 4 N–H and O–H groups in total. The van der Waals surface area contributed by atoms with Crippen molar-refractivity contribution in [2.45, 2.75) is 72.3 Å². The third-order valence-corrected chi connectivity index (χ3v) is 7.09. The quantitative estimate of drug-likeness (QED) is 0.483. The highest BCUT2D eigenvalue weighted by Gasteiger charge is 2.41. The summed E-state index contributed by atoms with van der Waals surface area (Å²) in [4.78, 5) is 27.6. The number of carbonyl (C=O) groups is 2. The van der Waals surface area contributed by atoms with E-state index < -0.39 is 18.2 Å². The first kappa shape index (κ1) is 27.8. The van der Waals surface area contributed by atoms with Gasteiger partial charge in [0, 0.05) is 43.7 Å². The molecule has 9 heteroatoms. The lowest BCUT2D eigenvalue weighted by atomic mass is 9.96. The molecule has 0 aliphatic carbocycles. The molecule has 9 nitrogen and oxygen atoms in total. The number of aliphatic hydroxyl groups is 2. The fourth-order valence-corrected chi connectivity index (χ4v) is 4.73. The number of fused-ring (bicyclic) bond motifs is 3. The summed E-state index contributed by atoms with van der Waals surface area (Å²) < 4.78 is 1.96. The minimum atomic E-state index is -0.752. The van der Waals surface area contributed by atoms with E-state index in [1.807, 2.05) is 63.6 Å². The van der Waals surface area contributed by atoms with Gasteiger partial charge in [0.2, 0.25) is 11.8 Å². The predicted molar refractivity (Wildman–Crippen MR) is 139 cm³/mol. The second-order valence-corrected chi connectivity index (χ2v) is 9.71. The number of β-amino-alcohol motifs (C(OH)–C–C–N with tert-alkyl or cyclic N) is 1. The monoisotopic (exact) mass is 499 g/mol. The van der Waals surface area contributed by atoms with Crippen molar-refractivity contribution < 1.29 is 19.8 Å². The minimum absolute atomic E-state index is 0.129. The molecule has 0 bridgehead atoms. The predicted octanol–water partition coefficient (Wildman–Crippen LogP) is 2.08. The average molecular weight is 500 g/mol. The molecule has 4 rings (SSSR count). The number of rotatable bonds is 6. The maximum absolute atomic E-state index is 13.2. The SMILES string of the molecule is CC.CC(C)C(C)C(=O)N1CC(O)CC1C(=O)NC(CO)c1ccc2c(c1)CNCCn1nccc1-2. The van der Waals surface area contributed by atoms with Gasteiger partial charge in [-0.25, -0.2) is 0 Å². The van der Waals surface area contributed by atoms with Crippen LogP contribution in [0.4, 0.5) is 0 Å². The Kier molecular flexibility index (Phi) is 9.64. The summed E-state index contributed by atoms with van der Waals surface area (Å²) in [6, 6.07) is 6.53. The van der Waals surface area contributed by atoms with Crippen molar-refractivity contribution in [2.75, 3.05) is 19.7 Å². The van der Waals surface area contributed by atoms with Crippen molar-refractivity contribution >= 4 is 11.8 Å². The molecule has 1 fully saturated rings. The molecule has 2 aliphatic heterocycles. The Morgan fingerprint density at radius 3 is 2.67 bits per heavy atom. The van der Waals surface area contributed by atoms with Crippen molar-refractivity contribution in [3.05, 3.63) is 41.6 Å². The summed E-state index contributed by atoms with van der Waals surface area (Å²) in [6.45, 7) is 11.9. The van der Waals surface area contributed by atoms with Crippen LogP contribution in [0.3, 0.4) is 0 Å². The first-order valence-corrected chi connectivity index (χ1v) is 13.1. The van der Waals surface area contributed by atoms with Crippen LogP contribution in [0.2, 0.25) is 0 Å². The van der Waals surface area contributed by atoms with Gasteiger partial charge in [-0.2, -0.15) is 5.10 Å². The third-order valence-electron chi connectivity index (χ3n) is 7.09. The van der Waals surface area contributed by atoms with Gasteiger partial charge < -0.3 is 25.7 Å². The second-order valence-electron chi connectivity index (χ2n) is 9.71. The van der Waals surface area contributed by atoms with Crippen molar-refractivity contribution in [3.63, 3.8) is 0 Å². The second kappa shape index (κ2) is 12.5. The molecule has 1 aromatic heterocycles. The van der Waals surface area contributed by atoms with E-state index in [4.69, 9.17) is 0 Å². The molecule has 1 aromatic carbocycles. The zero-order valence-corrected chi connectivity index (χ0v) is 22.1. The van der Waals surface area contributed by atoms with Gasteiger partial charge in [-0.05, 0) is 23.1 Å². The number of carbonyl (C=O) groups excluding carboxylic acids is 2. The smallest absolute Gasteiger partial charge is 0.243 e. The van der Waals surface area contributed by atoms with E-state index in [0.717, 1.165) is 35.5 Å². The normalized spacial score (nSPS) is 20.8. The Morgan fingerprint density at radius 2 is 1.97 bits per heavy atom.